The number of halogens is 2. The SMILES string of the molecule is COc1ccc2c(O[C@@H]3C[C@H]4C(=O)C[C@]5(C(=O)NS(=O)(=O)C6(C)CC6)C[C@H]5/C=C\CC[C@@H](C)O[C@@H](C)[C@H](CC(=O)OC(C)(C)C(C)(F)F)C(=O)N4C3)nc3c(c2c1)CCCO3. The summed E-state index contributed by atoms with van der Waals surface area (Å²) in [6.07, 6.45) is 4.03. The van der Waals surface area contributed by atoms with Crippen molar-refractivity contribution < 1.29 is 60.1 Å². The standard InChI is InChI=1S/C44H57F2N3O11S/c1-25-11-8-9-12-27-22-44(27,40(53)48-61(54,55)42(5)16-17-42)23-35(50)34-20-29(59-38-31-15-14-28(56-7)19-33(31)30-13-10-18-57-37(30)47-38)24-49(34)39(52)32(26(2)58-25)21-36(51)60-41(3,4)43(6,45)46/h9,12,14-15,19,25-27,29,32,34H,8,10-11,13,16-18,20-24H2,1-7H3,(H,48,53)/b12-9-/t25-,26+,27-,29-,32+,34+,44-/m1/s1. The van der Waals surface area contributed by atoms with Crippen LogP contribution in [-0.4, -0.2) is 103 Å². The Kier molecular flexibility index (Phi) is 12.0. The summed E-state index contributed by atoms with van der Waals surface area (Å²) < 4.78 is 86.4. The highest BCUT2D eigenvalue weighted by Crippen LogP contribution is 2.58. The number of methoxy groups -OCH3 is 1. The molecule has 2 amide bonds. The van der Waals surface area contributed by atoms with E-state index in [9.17, 15) is 36.4 Å². The maximum atomic E-state index is 15.0. The Balaban J connectivity index is 1.25. The van der Waals surface area contributed by atoms with Crippen LogP contribution in [-0.2, 0) is 45.1 Å². The number of hydrogen-bond donors (Lipinski definition) is 1. The molecule has 1 aromatic heterocycles. The number of carbonyl (C=O) groups excluding carboxylic acids is 4. The number of fused-ring (bicyclic) bond motifs is 5. The van der Waals surface area contributed by atoms with Crippen molar-refractivity contribution in [2.45, 2.75) is 146 Å². The van der Waals surface area contributed by atoms with Crippen LogP contribution in [0.3, 0.4) is 0 Å². The molecule has 1 N–H and O–H groups in total. The molecule has 17 heteroatoms. The first-order valence-electron chi connectivity index (χ1n) is 21.2. The van der Waals surface area contributed by atoms with Gasteiger partial charge in [0.1, 0.15) is 11.9 Å². The zero-order valence-electron chi connectivity index (χ0n) is 35.9. The molecule has 1 aromatic carbocycles. The number of sulfonamides is 1. The lowest BCUT2D eigenvalue weighted by atomic mass is 9.90. The molecule has 2 saturated carbocycles. The van der Waals surface area contributed by atoms with E-state index in [0.717, 1.165) is 37.6 Å². The fourth-order valence-electron chi connectivity index (χ4n) is 8.61. The van der Waals surface area contributed by atoms with Crippen molar-refractivity contribution in [2.75, 3.05) is 20.3 Å². The number of Topliss-reactive ketones (excluding diaryl/α,β-unsaturated/α-hetero) is 1. The second-order valence-electron chi connectivity index (χ2n) is 18.4. The van der Waals surface area contributed by atoms with Gasteiger partial charge < -0.3 is 28.6 Å². The molecular formula is C44H57F2N3O11S. The molecule has 0 unspecified atom stereocenters. The molecule has 14 nitrogen and oxygen atoms in total. The first-order chi connectivity index (χ1) is 28.6. The van der Waals surface area contributed by atoms with Crippen LogP contribution in [0, 0.1) is 17.3 Å². The number of aryl methyl sites for hydroxylation is 1. The summed E-state index contributed by atoms with van der Waals surface area (Å²) in [5.74, 6) is -6.87. The predicted molar refractivity (Wildman–Crippen MR) is 219 cm³/mol. The normalized spacial score (nSPS) is 29.8. The number of benzene rings is 1. The van der Waals surface area contributed by atoms with Gasteiger partial charge in [-0.05, 0) is 109 Å². The summed E-state index contributed by atoms with van der Waals surface area (Å²) >= 11 is 0. The minimum Gasteiger partial charge on any atom is -0.497 e. The van der Waals surface area contributed by atoms with Crippen molar-refractivity contribution in [1.82, 2.24) is 14.6 Å². The largest absolute Gasteiger partial charge is 0.497 e. The summed E-state index contributed by atoms with van der Waals surface area (Å²) in [4.78, 5) is 63.3. The number of ether oxygens (including phenoxy) is 5. The van der Waals surface area contributed by atoms with Gasteiger partial charge in [0.15, 0.2) is 11.4 Å². The molecular weight excluding hydrogens is 817 g/mol. The molecule has 7 rings (SSSR count). The predicted octanol–water partition coefficient (Wildman–Crippen LogP) is 6.01. The second kappa shape index (κ2) is 16.4. The number of alkyl halides is 2. The molecule has 0 spiro atoms. The first kappa shape index (κ1) is 44.7. The summed E-state index contributed by atoms with van der Waals surface area (Å²) in [5.41, 5.74) is -2.68. The number of allylic oxidation sites excluding steroid dienone is 2. The molecule has 334 valence electrons. The number of aromatic nitrogens is 1. The Labute approximate surface area is 355 Å². The van der Waals surface area contributed by atoms with E-state index in [1.54, 1.807) is 27.0 Å². The van der Waals surface area contributed by atoms with Crippen LogP contribution >= 0.6 is 0 Å². The van der Waals surface area contributed by atoms with Gasteiger partial charge in [0, 0.05) is 30.7 Å². The van der Waals surface area contributed by atoms with E-state index < -0.39 is 97.9 Å². The summed E-state index contributed by atoms with van der Waals surface area (Å²) in [5, 5.41) is 1.47. The van der Waals surface area contributed by atoms with E-state index in [1.807, 2.05) is 31.2 Å². The van der Waals surface area contributed by atoms with E-state index in [-0.39, 0.29) is 31.7 Å². The number of pyridine rings is 1. The number of nitrogens with one attached hydrogen (secondary N) is 1. The van der Waals surface area contributed by atoms with E-state index in [2.05, 4.69) is 4.72 Å². The van der Waals surface area contributed by atoms with Gasteiger partial charge in [-0.1, -0.05) is 12.2 Å². The van der Waals surface area contributed by atoms with E-state index in [1.165, 1.54) is 4.90 Å². The number of hydrogen-bond acceptors (Lipinski definition) is 12. The average molecular weight is 874 g/mol. The maximum absolute atomic E-state index is 15.0. The van der Waals surface area contributed by atoms with Gasteiger partial charge in [0.25, 0.3) is 5.92 Å². The number of amides is 2. The van der Waals surface area contributed by atoms with Crippen LogP contribution in [0.2, 0.25) is 0 Å². The average Bonchev–Trinajstić information content (AvgIpc) is 4.07. The van der Waals surface area contributed by atoms with Gasteiger partial charge in [-0.25, -0.2) is 17.2 Å². The number of carbonyl (C=O) groups is 4. The molecule has 2 aliphatic carbocycles. The molecule has 0 radical (unpaired) electrons. The minimum absolute atomic E-state index is 0.0334. The number of esters is 1. The van der Waals surface area contributed by atoms with Crippen molar-refractivity contribution in [2.24, 2.45) is 17.3 Å². The Hall–Kier alpha value is -4.38. The fourth-order valence-corrected chi connectivity index (χ4v) is 9.95. The summed E-state index contributed by atoms with van der Waals surface area (Å²) in [6, 6.07) is 4.28. The smallest absolute Gasteiger partial charge is 0.307 e. The van der Waals surface area contributed by atoms with Crippen LogP contribution in [0.1, 0.15) is 105 Å². The molecule has 1 saturated heterocycles. The molecule has 3 fully saturated rings. The van der Waals surface area contributed by atoms with Gasteiger partial charge in [0.05, 0.1) is 61.0 Å². The van der Waals surface area contributed by atoms with Gasteiger partial charge in [-0.3, -0.25) is 23.9 Å². The van der Waals surface area contributed by atoms with Crippen molar-refractivity contribution in [1.29, 1.82) is 0 Å². The van der Waals surface area contributed by atoms with Crippen LogP contribution in [0.25, 0.3) is 10.8 Å². The zero-order valence-corrected chi connectivity index (χ0v) is 36.7. The fraction of sp³-hybridized carbons (Fsp3) is 0.659. The zero-order chi connectivity index (χ0) is 44.3. The Bertz CT molecular complexity index is 2220. The van der Waals surface area contributed by atoms with Gasteiger partial charge in [-0.15, -0.1) is 0 Å². The Morgan fingerprint density at radius 3 is 2.54 bits per heavy atom. The van der Waals surface area contributed by atoms with E-state index >= 15 is 0 Å². The van der Waals surface area contributed by atoms with Crippen molar-refractivity contribution in [3.05, 3.63) is 35.9 Å². The molecule has 61 heavy (non-hydrogen) atoms. The third-order valence-corrected chi connectivity index (χ3v) is 15.6. The van der Waals surface area contributed by atoms with Gasteiger partial charge in [0.2, 0.25) is 33.6 Å². The second-order valence-corrected chi connectivity index (χ2v) is 20.6. The molecule has 0 bridgehead atoms. The minimum atomic E-state index is -4.04. The van der Waals surface area contributed by atoms with Crippen LogP contribution < -0.4 is 18.9 Å². The van der Waals surface area contributed by atoms with E-state index in [0.29, 0.717) is 56.2 Å². The molecule has 3 aliphatic heterocycles. The van der Waals surface area contributed by atoms with Crippen molar-refractivity contribution in [3.63, 3.8) is 0 Å². The van der Waals surface area contributed by atoms with Crippen LogP contribution in [0.4, 0.5) is 8.78 Å². The molecule has 5 aliphatic rings. The summed E-state index contributed by atoms with van der Waals surface area (Å²) in [6.45, 7) is 8.12. The highest BCUT2D eigenvalue weighted by atomic mass is 32.2. The van der Waals surface area contributed by atoms with Crippen LogP contribution in [0.15, 0.2) is 30.4 Å². The highest BCUT2D eigenvalue weighted by molar-refractivity contribution is 7.91. The topological polar surface area (TPSA) is 177 Å². The number of rotatable bonds is 10. The number of ketones is 1. The summed E-state index contributed by atoms with van der Waals surface area (Å²) in [7, 11) is -2.47. The van der Waals surface area contributed by atoms with Crippen molar-refractivity contribution >= 4 is 44.4 Å². The van der Waals surface area contributed by atoms with Gasteiger partial charge >= 0.3 is 5.97 Å². The monoisotopic (exact) mass is 873 g/mol. The van der Waals surface area contributed by atoms with Crippen LogP contribution in [0.5, 0.6) is 17.5 Å². The Morgan fingerprint density at radius 2 is 1.85 bits per heavy atom. The quantitative estimate of drug-likeness (QED) is 0.218. The number of nitrogens with zero attached hydrogens (tertiary/aromatic N) is 2. The maximum Gasteiger partial charge on any atom is 0.307 e. The lowest BCUT2D eigenvalue weighted by Gasteiger charge is -2.34. The lowest BCUT2D eigenvalue weighted by Crippen LogP contribution is -2.50. The highest BCUT2D eigenvalue weighted by Gasteiger charge is 2.63. The van der Waals surface area contributed by atoms with Crippen molar-refractivity contribution in [3.8, 4) is 17.5 Å². The molecule has 2 aromatic rings. The third-order valence-electron chi connectivity index (χ3n) is 13.4. The van der Waals surface area contributed by atoms with E-state index in [4.69, 9.17) is 28.7 Å². The molecule has 4 heterocycles. The van der Waals surface area contributed by atoms with Gasteiger partial charge in [-0.2, -0.15) is 4.98 Å². The third kappa shape index (κ3) is 8.96. The Morgan fingerprint density at radius 1 is 1.11 bits per heavy atom. The lowest BCUT2D eigenvalue weighted by molar-refractivity contribution is -0.198. The first-order valence-corrected chi connectivity index (χ1v) is 22.7. The molecule has 7 atom stereocenters.